The Kier molecular flexibility index (Phi) is 2.22. The highest BCUT2D eigenvalue weighted by molar-refractivity contribution is 5.28. The Labute approximate surface area is 70.0 Å². The van der Waals surface area contributed by atoms with E-state index in [1.807, 2.05) is 0 Å². The molecule has 0 saturated carbocycles. The molecule has 0 spiro atoms. The molecule has 0 N–H and O–H groups in total. The van der Waals surface area contributed by atoms with E-state index in [0.29, 0.717) is 5.41 Å². The Morgan fingerprint density at radius 2 is 2.00 bits per heavy atom. The fraction of sp³-hybridized carbons (Fsp3) is 0.636. The van der Waals surface area contributed by atoms with Gasteiger partial charge in [-0.05, 0) is 25.2 Å². The first-order chi connectivity index (χ1) is 5.06. The van der Waals surface area contributed by atoms with Gasteiger partial charge in [0.1, 0.15) is 0 Å². The van der Waals surface area contributed by atoms with Crippen molar-refractivity contribution in [2.75, 3.05) is 0 Å². The topological polar surface area (TPSA) is 0 Å². The maximum atomic E-state index is 2.33. The van der Waals surface area contributed by atoms with E-state index in [4.69, 9.17) is 0 Å². The van der Waals surface area contributed by atoms with Gasteiger partial charge in [0, 0.05) is 0 Å². The van der Waals surface area contributed by atoms with Crippen molar-refractivity contribution in [1.82, 2.24) is 0 Å². The summed E-state index contributed by atoms with van der Waals surface area (Å²) in [6.45, 7) is 9.12. The lowest BCUT2D eigenvalue weighted by molar-refractivity contribution is 0.424. The molecule has 0 aromatic heterocycles. The van der Waals surface area contributed by atoms with E-state index < -0.39 is 0 Å². The van der Waals surface area contributed by atoms with Crippen molar-refractivity contribution in [1.29, 1.82) is 0 Å². The van der Waals surface area contributed by atoms with Crippen LogP contribution in [0.3, 0.4) is 0 Å². The van der Waals surface area contributed by atoms with Crippen LogP contribution in [0.25, 0.3) is 0 Å². The van der Waals surface area contributed by atoms with Crippen molar-refractivity contribution in [2.45, 2.75) is 40.5 Å². The van der Waals surface area contributed by atoms with Gasteiger partial charge in [0.05, 0.1) is 0 Å². The third-order valence-corrected chi connectivity index (χ3v) is 2.54. The van der Waals surface area contributed by atoms with Gasteiger partial charge in [-0.2, -0.15) is 0 Å². The van der Waals surface area contributed by atoms with Gasteiger partial charge in [0.2, 0.25) is 0 Å². The summed E-state index contributed by atoms with van der Waals surface area (Å²) in [6.07, 6.45) is 6.96. The standard InChI is InChI=1S/C11H18/c1-5-10-7-6-9(2)8-11(10,3)4/h6-7H,5,8H2,1-4H3. The SMILES string of the molecule is CCC1=CC=C(C)CC1(C)C. The van der Waals surface area contributed by atoms with Gasteiger partial charge in [-0.25, -0.2) is 0 Å². The second kappa shape index (κ2) is 2.84. The third-order valence-electron chi connectivity index (χ3n) is 2.54. The lowest BCUT2D eigenvalue weighted by Crippen LogP contribution is -2.17. The molecule has 1 aliphatic carbocycles. The van der Waals surface area contributed by atoms with Gasteiger partial charge in [-0.1, -0.05) is 44.1 Å². The normalized spacial score (nSPS) is 22.5. The molecular formula is C11H18. The van der Waals surface area contributed by atoms with E-state index in [9.17, 15) is 0 Å². The second-order valence-corrected chi connectivity index (χ2v) is 4.12. The molecule has 0 atom stereocenters. The van der Waals surface area contributed by atoms with Gasteiger partial charge in [-0.15, -0.1) is 0 Å². The lowest BCUT2D eigenvalue weighted by Gasteiger charge is -2.30. The minimum atomic E-state index is 0.410. The van der Waals surface area contributed by atoms with Crippen LogP contribution in [-0.4, -0.2) is 0 Å². The summed E-state index contributed by atoms with van der Waals surface area (Å²) in [5.41, 5.74) is 3.50. The summed E-state index contributed by atoms with van der Waals surface area (Å²) in [5.74, 6) is 0. The smallest absolute Gasteiger partial charge is 0.0105 e. The van der Waals surface area contributed by atoms with Gasteiger partial charge in [-0.3, -0.25) is 0 Å². The summed E-state index contributed by atoms with van der Waals surface area (Å²) in [7, 11) is 0. The Bertz CT molecular complexity index is 204. The van der Waals surface area contributed by atoms with Crippen LogP contribution in [0.2, 0.25) is 0 Å². The molecule has 0 saturated heterocycles. The molecule has 1 rings (SSSR count). The Morgan fingerprint density at radius 1 is 1.36 bits per heavy atom. The molecular weight excluding hydrogens is 132 g/mol. The van der Waals surface area contributed by atoms with Crippen LogP contribution in [-0.2, 0) is 0 Å². The van der Waals surface area contributed by atoms with Gasteiger partial charge >= 0.3 is 0 Å². The van der Waals surface area contributed by atoms with Gasteiger partial charge in [0.25, 0.3) is 0 Å². The van der Waals surface area contributed by atoms with Gasteiger partial charge in [0.15, 0.2) is 0 Å². The molecule has 0 aliphatic heterocycles. The van der Waals surface area contributed by atoms with E-state index >= 15 is 0 Å². The largest absolute Gasteiger partial charge is 0.0725 e. The van der Waals surface area contributed by atoms with Crippen molar-refractivity contribution in [3.05, 3.63) is 23.3 Å². The molecule has 0 bridgehead atoms. The molecule has 0 aromatic carbocycles. The zero-order chi connectivity index (χ0) is 8.48. The zero-order valence-electron chi connectivity index (χ0n) is 8.07. The van der Waals surface area contributed by atoms with E-state index in [1.165, 1.54) is 18.4 Å². The summed E-state index contributed by atoms with van der Waals surface area (Å²) in [4.78, 5) is 0. The fourth-order valence-electron chi connectivity index (χ4n) is 1.93. The van der Waals surface area contributed by atoms with Crippen LogP contribution in [0.1, 0.15) is 40.5 Å². The third kappa shape index (κ3) is 1.74. The van der Waals surface area contributed by atoms with Crippen molar-refractivity contribution >= 4 is 0 Å². The molecule has 0 amide bonds. The van der Waals surface area contributed by atoms with Crippen LogP contribution in [0.15, 0.2) is 23.3 Å². The van der Waals surface area contributed by atoms with Crippen LogP contribution >= 0.6 is 0 Å². The fourth-order valence-corrected chi connectivity index (χ4v) is 1.93. The minimum Gasteiger partial charge on any atom is -0.0725 e. The van der Waals surface area contributed by atoms with Crippen LogP contribution in [0.5, 0.6) is 0 Å². The van der Waals surface area contributed by atoms with Crippen molar-refractivity contribution in [2.24, 2.45) is 5.41 Å². The number of rotatable bonds is 1. The highest BCUT2D eigenvalue weighted by Gasteiger charge is 2.23. The average molecular weight is 150 g/mol. The van der Waals surface area contributed by atoms with E-state index in [1.54, 1.807) is 5.57 Å². The Morgan fingerprint density at radius 3 is 2.45 bits per heavy atom. The first-order valence-electron chi connectivity index (χ1n) is 4.43. The predicted molar refractivity (Wildman–Crippen MR) is 50.5 cm³/mol. The number of hydrogen-bond donors (Lipinski definition) is 0. The van der Waals surface area contributed by atoms with Crippen LogP contribution < -0.4 is 0 Å². The molecule has 0 radical (unpaired) electrons. The Balaban J connectivity index is 2.89. The second-order valence-electron chi connectivity index (χ2n) is 4.12. The summed E-state index contributed by atoms with van der Waals surface area (Å²) >= 11 is 0. The number of hydrogen-bond acceptors (Lipinski definition) is 0. The summed E-state index contributed by atoms with van der Waals surface area (Å²) < 4.78 is 0. The first kappa shape index (κ1) is 8.58. The molecule has 0 unspecified atom stereocenters. The zero-order valence-corrected chi connectivity index (χ0v) is 8.07. The molecule has 1 aliphatic rings. The maximum Gasteiger partial charge on any atom is -0.0105 e. The minimum absolute atomic E-state index is 0.410. The number of allylic oxidation sites excluding steroid dienone is 4. The lowest BCUT2D eigenvalue weighted by atomic mass is 9.75. The molecule has 62 valence electrons. The molecule has 11 heavy (non-hydrogen) atoms. The first-order valence-corrected chi connectivity index (χ1v) is 4.43. The molecule has 0 nitrogen and oxygen atoms in total. The molecule has 0 aromatic rings. The van der Waals surface area contributed by atoms with Crippen LogP contribution in [0, 0.1) is 5.41 Å². The van der Waals surface area contributed by atoms with Gasteiger partial charge < -0.3 is 0 Å². The summed E-state index contributed by atoms with van der Waals surface area (Å²) in [5, 5.41) is 0. The van der Waals surface area contributed by atoms with Crippen molar-refractivity contribution in [3.8, 4) is 0 Å². The predicted octanol–water partition coefficient (Wildman–Crippen LogP) is 3.70. The molecule has 0 heteroatoms. The van der Waals surface area contributed by atoms with E-state index in [0.717, 1.165) is 0 Å². The maximum absolute atomic E-state index is 2.33. The van der Waals surface area contributed by atoms with Crippen molar-refractivity contribution < 1.29 is 0 Å². The highest BCUT2D eigenvalue weighted by Crippen LogP contribution is 2.37. The van der Waals surface area contributed by atoms with E-state index in [2.05, 4.69) is 39.8 Å². The Hall–Kier alpha value is -0.520. The molecule has 0 fully saturated rings. The molecule has 0 heterocycles. The quantitative estimate of drug-likeness (QED) is 0.534. The summed E-state index contributed by atoms with van der Waals surface area (Å²) in [6, 6.07) is 0. The van der Waals surface area contributed by atoms with E-state index in [-0.39, 0.29) is 0 Å². The monoisotopic (exact) mass is 150 g/mol. The van der Waals surface area contributed by atoms with Crippen molar-refractivity contribution in [3.63, 3.8) is 0 Å². The average Bonchev–Trinajstić information content (AvgIpc) is 1.85. The van der Waals surface area contributed by atoms with Crippen LogP contribution in [0.4, 0.5) is 0 Å². The highest BCUT2D eigenvalue weighted by atomic mass is 14.3.